The number of rotatable bonds is 15. The van der Waals surface area contributed by atoms with Gasteiger partial charge in [0.15, 0.2) is 0 Å². The van der Waals surface area contributed by atoms with Gasteiger partial charge < -0.3 is 18.9 Å². The summed E-state index contributed by atoms with van der Waals surface area (Å²) in [5.41, 5.74) is 5.53. The molecule has 206 valence electrons. The van der Waals surface area contributed by atoms with Gasteiger partial charge in [-0.1, -0.05) is 91.7 Å². The normalized spacial score (nSPS) is 12.3. The Bertz CT molecular complexity index is 1320. The van der Waals surface area contributed by atoms with E-state index >= 15 is 0 Å². The molecule has 4 aromatic carbocycles. The molecule has 0 saturated heterocycles. The highest BCUT2D eigenvalue weighted by Crippen LogP contribution is 2.40. The maximum absolute atomic E-state index is 5.91. The summed E-state index contributed by atoms with van der Waals surface area (Å²) in [4.78, 5) is 0. The molecule has 1 atom stereocenters. The highest BCUT2D eigenvalue weighted by atomic mass is 16.5. The van der Waals surface area contributed by atoms with Crippen molar-refractivity contribution in [1.29, 1.82) is 0 Å². The second-order valence-electron chi connectivity index (χ2n) is 9.68. The zero-order valence-corrected chi connectivity index (χ0v) is 23.5. The molecule has 4 nitrogen and oxygen atoms in total. The van der Waals surface area contributed by atoms with Gasteiger partial charge in [0.1, 0.15) is 31.3 Å². The minimum absolute atomic E-state index is 0.292. The van der Waals surface area contributed by atoms with Gasteiger partial charge in [-0.05, 0) is 65.4 Å². The summed E-state index contributed by atoms with van der Waals surface area (Å²) in [5, 5.41) is 0. The number of ether oxygens (including phenoxy) is 4. The molecule has 0 spiro atoms. The summed E-state index contributed by atoms with van der Waals surface area (Å²) in [6.07, 6.45) is 6.24. The topological polar surface area (TPSA) is 36.9 Å². The van der Waals surface area contributed by atoms with Crippen LogP contribution in [0.5, 0.6) is 11.5 Å². The van der Waals surface area contributed by atoms with Crippen molar-refractivity contribution in [3.8, 4) is 35.0 Å². The predicted octanol–water partition coefficient (Wildman–Crippen LogP) is 7.54. The van der Waals surface area contributed by atoms with Crippen LogP contribution in [-0.4, -0.2) is 39.6 Å². The lowest BCUT2D eigenvalue weighted by Crippen LogP contribution is -2.25. The van der Waals surface area contributed by atoms with Crippen LogP contribution in [0.3, 0.4) is 0 Å². The SMILES string of the molecule is C#CCOCCOc1ccc(C(C)(c2ccc(OCCOCCC)cc2)c2ccc(-c3ccccc3)cc2)cc1. The zero-order chi connectivity index (χ0) is 28.0. The molecule has 0 fully saturated rings. The molecule has 4 heteroatoms. The Balaban J connectivity index is 1.58. The molecule has 0 bridgehead atoms. The monoisotopic (exact) mass is 534 g/mol. The predicted molar refractivity (Wildman–Crippen MR) is 162 cm³/mol. The van der Waals surface area contributed by atoms with Crippen molar-refractivity contribution in [2.75, 3.05) is 39.6 Å². The number of hydrogen-bond donors (Lipinski definition) is 0. The van der Waals surface area contributed by atoms with E-state index in [9.17, 15) is 0 Å². The lowest BCUT2D eigenvalue weighted by atomic mass is 9.71. The fourth-order valence-corrected chi connectivity index (χ4v) is 4.71. The van der Waals surface area contributed by atoms with Crippen molar-refractivity contribution in [2.45, 2.75) is 25.7 Å². The van der Waals surface area contributed by atoms with Crippen LogP contribution in [0.4, 0.5) is 0 Å². The summed E-state index contributed by atoms with van der Waals surface area (Å²) < 4.78 is 22.6. The fourth-order valence-electron chi connectivity index (χ4n) is 4.71. The third-order valence-corrected chi connectivity index (χ3v) is 6.96. The maximum atomic E-state index is 5.91. The summed E-state index contributed by atoms with van der Waals surface area (Å²) in [6.45, 7) is 7.44. The lowest BCUT2D eigenvalue weighted by Gasteiger charge is -2.32. The fraction of sp³-hybridized carbons (Fsp3) is 0.278. The minimum atomic E-state index is -0.396. The molecule has 0 saturated carbocycles. The standard InChI is InChI=1S/C36H38O4/c1-4-23-37-25-27-39-34-19-15-32(16-20-34)36(3,31-13-11-30(12-14-31)29-9-7-6-8-10-29)33-17-21-35(22-18-33)40-28-26-38-24-5-2/h1,6-22H,5,23-28H2,2-3H3. The van der Waals surface area contributed by atoms with Crippen LogP contribution < -0.4 is 9.47 Å². The van der Waals surface area contributed by atoms with E-state index in [4.69, 9.17) is 25.4 Å². The smallest absolute Gasteiger partial charge is 0.119 e. The van der Waals surface area contributed by atoms with Crippen molar-refractivity contribution < 1.29 is 18.9 Å². The first kappa shape index (κ1) is 29.0. The molecular formula is C36H38O4. The van der Waals surface area contributed by atoms with Crippen molar-refractivity contribution in [2.24, 2.45) is 0 Å². The van der Waals surface area contributed by atoms with Gasteiger partial charge in [-0.2, -0.15) is 0 Å². The van der Waals surface area contributed by atoms with Gasteiger partial charge >= 0.3 is 0 Å². The molecule has 0 aliphatic rings. The van der Waals surface area contributed by atoms with Crippen LogP contribution in [0.1, 0.15) is 37.0 Å². The maximum Gasteiger partial charge on any atom is 0.119 e. The highest BCUT2D eigenvalue weighted by Gasteiger charge is 2.31. The van der Waals surface area contributed by atoms with E-state index < -0.39 is 5.41 Å². The van der Waals surface area contributed by atoms with Crippen molar-refractivity contribution in [1.82, 2.24) is 0 Å². The average Bonchev–Trinajstić information content (AvgIpc) is 3.01. The summed E-state index contributed by atoms with van der Waals surface area (Å²) in [6, 6.07) is 36.0. The Hall–Kier alpha value is -4.04. The van der Waals surface area contributed by atoms with Crippen LogP contribution in [0.25, 0.3) is 11.1 Å². The van der Waals surface area contributed by atoms with Crippen molar-refractivity contribution in [3.63, 3.8) is 0 Å². The van der Waals surface area contributed by atoms with Crippen LogP contribution in [0.15, 0.2) is 103 Å². The van der Waals surface area contributed by atoms with Gasteiger partial charge in [-0.15, -0.1) is 6.42 Å². The second kappa shape index (κ2) is 14.9. The van der Waals surface area contributed by atoms with Gasteiger partial charge in [-0.25, -0.2) is 0 Å². The lowest BCUT2D eigenvalue weighted by molar-refractivity contribution is 0.101. The minimum Gasteiger partial charge on any atom is -0.491 e. The molecule has 1 unspecified atom stereocenters. The van der Waals surface area contributed by atoms with Crippen LogP contribution in [-0.2, 0) is 14.9 Å². The zero-order valence-electron chi connectivity index (χ0n) is 23.5. The molecule has 0 aliphatic carbocycles. The molecule has 0 aromatic heterocycles. The van der Waals surface area contributed by atoms with Crippen LogP contribution in [0.2, 0.25) is 0 Å². The first-order valence-electron chi connectivity index (χ1n) is 13.9. The van der Waals surface area contributed by atoms with Crippen molar-refractivity contribution >= 4 is 0 Å². The Morgan fingerprint density at radius 1 is 0.575 bits per heavy atom. The molecule has 0 amide bonds. The van der Waals surface area contributed by atoms with E-state index in [1.54, 1.807) is 0 Å². The molecule has 4 rings (SSSR count). The molecule has 0 radical (unpaired) electrons. The molecule has 4 aromatic rings. The van der Waals surface area contributed by atoms with E-state index in [-0.39, 0.29) is 0 Å². The highest BCUT2D eigenvalue weighted by molar-refractivity contribution is 5.64. The van der Waals surface area contributed by atoms with E-state index in [0.29, 0.717) is 33.0 Å². The van der Waals surface area contributed by atoms with Crippen LogP contribution in [0, 0.1) is 12.3 Å². The van der Waals surface area contributed by atoms with Gasteiger partial charge in [0.2, 0.25) is 0 Å². The third kappa shape index (κ3) is 7.54. The van der Waals surface area contributed by atoms with Gasteiger partial charge in [-0.3, -0.25) is 0 Å². The third-order valence-electron chi connectivity index (χ3n) is 6.96. The van der Waals surface area contributed by atoms with E-state index in [1.807, 2.05) is 30.3 Å². The quantitative estimate of drug-likeness (QED) is 0.0897. The number of hydrogen-bond acceptors (Lipinski definition) is 4. The summed E-state index contributed by atoms with van der Waals surface area (Å²) in [7, 11) is 0. The Kier molecular flexibility index (Phi) is 10.8. The molecule has 0 heterocycles. The molecule has 0 aliphatic heterocycles. The van der Waals surface area contributed by atoms with E-state index in [1.165, 1.54) is 22.3 Å². The van der Waals surface area contributed by atoms with Gasteiger partial charge in [0, 0.05) is 12.0 Å². The Morgan fingerprint density at radius 3 is 1.55 bits per heavy atom. The Labute approximate surface area is 238 Å². The summed E-state index contributed by atoms with van der Waals surface area (Å²) >= 11 is 0. The average molecular weight is 535 g/mol. The first-order chi connectivity index (χ1) is 19.6. The number of terminal acetylenes is 1. The number of benzene rings is 4. The van der Waals surface area contributed by atoms with E-state index in [0.717, 1.165) is 30.1 Å². The molecule has 0 N–H and O–H groups in total. The summed E-state index contributed by atoms with van der Waals surface area (Å²) in [5.74, 6) is 4.09. The van der Waals surface area contributed by atoms with Gasteiger partial charge in [0.05, 0.1) is 13.2 Å². The Morgan fingerprint density at radius 2 is 1.05 bits per heavy atom. The van der Waals surface area contributed by atoms with Crippen molar-refractivity contribution in [3.05, 3.63) is 120 Å². The first-order valence-corrected chi connectivity index (χ1v) is 13.9. The molecule has 40 heavy (non-hydrogen) atoms. The van der Waals surface area contributed by atoms with Gasteiger partial charge in [0.25, 0.3) is 0 Å². The molecular weight excluding hydrogens is 496 g/mol. The largest absolute Gasteiger partial charge is 0.491 e. The second-order valence-corrected chi connectivity index (χ2v) is 9.68. The van der Waals surface area contributed by atoms with Crippen LogP contribution >= 0.6 is 0 Å². The van der Waals surface area contributed by atoms with E-state index in [2.05, 4.69) is 92.6 Å².